The van der Waals surface area contributed by atoms with Crippen molar-refractivity contribution >= 4 is 16.9 Å². The summed E-state index contributed by atoms with van der Waals surface area (Å²) in [5.74, 6) is -7.00. The normalized spacial score (nSPS) is 21.4. The van der Waals surface area contributed by atoms with Gasteiger partial charge in [-0.15, -0.1) is 0 Å². The first kappa shape index (κ1) is 31.1. The van der Waals surface area contributed by atoms with Crippen LogP contribution in [0.15, 0.2) is 51.7 Å². The molecule has 3 aromatic carbocycles. The fraction of sp³-hybridized carbons (Fsp3) is 0.267. The molecule has 1 heterocycles. The maximum Gasteiger partial charge on any atom is 0.338 e. The number of carbonyl (C=O) groups excluding carboxylic acids is 1. The van der Waals surface area contributed by atoms with E-state index >= 15 is 0 Å². The van der Waals surface area contributed by atoms with Crippen molar-refractivity contribution in [1.29, 1.82) is 0 Å². The van der Waals surface area contributed by atoms with E-state index in [1.165, 1.54) is 13.2 Å². The largest absolute Gasteiger partial charge is 0.508 e. The van der Waals surface area contributed by atoms with E-state index < -0.39 is 94.0 Å². The van der Waals surface area contributed by atoms with Gasteiger partial charge in [-0.05, 0) is 36.8 Å². The Bertz CT molecular complexity index is 1810. The van der Waals surface area contributed by atoms with Gasteiger partial charge >= 0.3 is 5.97 Å². The van der Waals surface area contributed by atoms with Crippen molar-refractivity contribution in [2.45, 2.75) is 30.8 Å². The third-order valence-corrected chi connectivity index (χ3v) is 7.46. The van der Waals surface area contributed by atoms with Crippen LogP contribution < -0.4 is 14.9 Å². The number of methoxy groups -OCH3 is 1. The molecule has 1 aliphatic rings. The van der Waals surface area contributed by atoms with Gasteiger partial charge in [-0.1, -0.05) is 0 Å². The van der Waals surface area contributed by atoms with Gasteiger partial charge in [0.15, 0.2) is 34.9 Å². The maximum atomic E-state index is 13.8. The zero-order chi connectivity index (χ0) is 32.7. The predicted octanol–water partition coefficient (Wildman–Crippen LogP) is 1.41. The zero-order valence-corrected chi connectivity index (χ0v) is 23.3. The van der Waals surface area contributed by atoms with Crippen LogP contribution in [0.25, 0.3) is 22.3 Å². The highest BCUT2D eigenvalue weighted by molar-refractivity contribution is 5.91. The number of esters is 1. The third kappa shape index (κ3) is 5.66. The first-order valence-corrected chi connectivity index (χ1v) is 13.3. The molecule has 0 spiro atoms. The highest BCUT2D eigenvalue weighted by Crippen LogP contribution is 2.41. The highest BCUT2D eigenvalue weighted by atomic mass is 16.6. The molecule has 15 heteroatoms. The Hall–Kier alpha value is -5.38. The Morgan fingerprint density at radius 2 is 1.56 bits per heavy atom. The second-order valence-electron chi connectivity index (χ2n) is 10.4. The number of fused-ring (bicyclic) bond motifs is 1. The summed E-state index contributed by atoms with van der Waals surface area (Å²) in [6.45, 7) is -0.649. The van der Waals surface area contributed by atoms with Crippen LogP contribution in [-0.2, 0) is 4.74 Å². The number of aliphatic hydroxyl groups is 3. The molecule has 0 radical (unpaired) electrons. The second-order valence-corrected chi connectivity index (χ2v) is 10.4. The molecule has 0 unspecified atom stereocenters. The average Bonchev–Trinajstić information content (AvgIpc) is 2.98. The van der Waals surface area contributed by atoms with E-state index in [0.29, 0.717) is 0 Å². The molecule has 5 atom stereocenters. The number of benzene rings is 3. The molecule has 5 rings (SSSR count). The van der Waals surface area contributed by atoms with E-state index in [1.54, 1.807) is 0 Å². The minimum Gasteiger partial charge on any atom is -0.508 e. The molecule has 238 valence electrons. The highest BCUT2D eigenvalue weighted by Gasteiger charge is 2.47. The van der Waals surface area contributed by atoms with Gasteiger partial charge in [-0.25, -0.2) is 4.79 Å². The molecular weight excluding hydrogens is 600 g/mol. The number of ether oxygens (including phenoxy) is 3. The van der Waals surface area contributed by atoms with Crippen LogP contribution in [0.5, 0.6) is 46.0 Å². The SMILES string of the molecule is COc1c(O)cc(C(=O)O[C@H]2[C@@H](O)[C@@H](O)[C@@H](CO)C[C@@H]2Oc2c(-c3ccc(O)c(O)c3)oc3cc(O)cc(O)c3c2=O)cc1O. The number of hydrogen-bond donors (Lipinski definition) is 9. The minimum atomic E-state index is -1.88. The number of aromatic hydroxyl groups is 6. The molecule has 1 saturated carbocycles. The third-order valence-electron chi connectivity index (χ3n) is 7.46. The van der Waals surface area contributed by atoms with Crippen LogP contribution in [0.4, 0.5) is 0 Å². The summed E-state index contributed by atoms with van der Waals surface area (Å²) in [7, 11) is 1.17. The molecule has 0 saturated heterocycles. The van der Waals surface area contributed by atoms with Gasteiger partial charge in [0, 0.05) is 30.2 Å². The van der Waals surface area contributed by atoms with E-state index in [0.717, 1.165) is 36.4 Å². The quantitative estimate of drug-likeness (QED) is 0.104. The first-order chi connectivity index (χ1) is 21.3. The summed E-state index contributed by atoms with van der Waals surface area (Å²) in [5, 5.41) is 91.7. The van der Waals surface area contributed by atoms with E-state index in [9.17, 15) is 55.5 Å². The Morgan fingerprint density at radius 1 is 0.867 bits per heavy atom. The monoisotopic (exact) mass is 628 g/mol. The number of phenols is 6. The van der Waals surface area contributed by atoms with Gasteiger partial charge in [0.2, 0.25) is 16.9 Å². The van der Waals surface area contributed by atoms with E-state index in [-0.39, 0.29) is 34.6 Å². The summed E-state index contributed by atoms with van der Waals surface area (Å²) in [5.41, 5.74) is -1.69. The molecule has 9 N–H and O–H groups in total. The molecule has 45 heavy (non-hydrogen) atoms. The second kappa shape index (κ2) is 12.0. The standard InChI is InChI=1S/C30H28O15/c1-42-27-18(36)5-12(6-19(27)37)30(41)45-28-21(7-13(10-31)23(38)25(28)40)44-29-24(39)22-17(35)8-14(32)9-20(22)43-26(29)11-2-3-15(33)16(34)4-11/h2-6,8-9,13,21,23,25,28,31-38,40H,7,10H2,1H3/t13-,21+,23+,25+,28-/m1/s1. The van der Waals surface area contributed by atoms with Gasteiger partial charge in [-0.2, -0.15) is 0 Å². The maximum absolute atomic E-state index is 13.8. The van der Waals surface area contributed by atoms with Gasteiger partial charge in [0.1, 0.15) is 34.7 Å². The van der Waals surface area contributed by atoms with Gasteiger partial charge in [0.05, 0.1) is 18.8 Å². The Labute approximate surface area is 252 Å². The molecule has 4 aromatic rings. The molecule has 1 fully saturated rings. The topological polar surface area (TPSA) is 257 Å². The molecule has 1 aromatic heterocycles. The number of aliphatic hydroxyl groups excluding tert-OH is 3. The van der Waals surface area contributed by atoms with Crippen LogP contribution in [0.3, 0.4) is 0 Å². The molecular formula is C30H28O15. The molecule has 0 aliphatic heterocycles. The van der Waals surface area contributed by atoms with E-state index in [2.05, 4.69) is 0 Å². The first-order valence-electron chi connectivity index (χ1n) is 13.3. The fourth-order valence-corrected chi connectivity index (χ4v) is 5.21. The summed E-state index contributed by atoms with van der Waals surface area (Å²) in [6.07, 6.45) is -7.02. The lowest BCUT2D eigenvalue weighted by Crippen LogP contribution is -2.57. The van der Waals surface area contributed by atoms with Crippen molar-refractivity contribution in [2.75, 3.05) is 13.7 Å². The van der Waals surface area contributed by atoms with Crippen LogP contribution in [0.1, 0.15) is 16.8 Å². The summed E-state index contributed by atoms with van der Waals surface area (Å²) < 4.78 is 22.1. The van der Waals surface area contributed by atoms with Crippen LogP contribution in [-0.4, -0.2) is 90.1 Å². The number of rotatable bonds is 7. The smallest absolute Gasteiger partial charge is 0.338 e. The summed E-state index contributed by atoms with van der Waals surface area (Å²) in [6, 6.07) is 7.13. The van der Waals surface area contributed by atoms with Crippen LogP contribution in [0.2, 0.25) is 0 Å². The van der Waals surface area contributed by atoms with Crippen molar-refractivity contribution in [2.24, 2.45) is 5.92 Å². The van der Waals surface area contributed by atoms with E-state index in [4.69, 9.17) is 18.6 Å². The van der Waals surface area contributed by atoms with Gasteiger partial charge < -0.3 is 64.6 Å². The molecule has 15 nitrogen and oxygen atoms in total. The fourth-order valence-electron chi connectivity index (χ4n) is 5.21. The van der Waals surface area contributed by atoms with Crippen molar-refractivity contribution < 1.29 is 69.4 Å². The minimum absolute atomic E-state index is 0.0186. The molecule has 0 amide bonds. The van der Waals surface area contributed by atoms with Crippen molar-refractivity contribution in [3.8, 4) is 57.3 Å². The zero-order valence-electron chi connectivity index (χ0n) is 23.3. The lowest BCUT2D eigenvalue weighted by Gasteiger charge is -2.41. The van der Waals surface area contributed by atoms with Gasteiger partial charge in [0.25, 0.3) is 0 Å². The summed E-state index contributed by atoms with van der Waals surface area (Å²) in [4.78, 5) is 26.9. The number of carbonyl (C=O) groups is 1. The van der Waals surface area contributed by atoms with E-state index in [1.807, 2.05) is 0 Å². The Kier molecular flexibility index (Phi) is 8.25. The average molecular weight is 629 g/mol. The Balaban J connectivity index is 1.62. The lowest BCUT2D eigenvalue weighted by atomic mass is 9.81. The van der Waals surface area contributed by atoms with Crippen LogP contribution >= 0.6 is 0 Å². The van der Waals surface area contributed by atoms with Crippen molar-refractivity contribution in [1.82, 2.24) is 0 Å². The number of phenolic OH excluding ortho intramolecular Hbond substituents is 6. The lowest BCUT2D eigenvalue weighted by molar-refractivity contribution is -0.159. The Morgan fingerprint density at radius 3 is 2.18 bits per heavy atom. The van der Waals surface area contributed by atoms with Crippen molar-refractivity contribution in [3.63, 3.8) is 0 Å². The van der Waals surface area contributed by atoms with Gasteiger partial charge in [-0.3, -0.25) is 4.79 Å². The number of hydrogen-bond acceptors (Lipinski definition) is 15. The predicted molar refractivity (Wildman–Crippen MR) is 152 cm³/mol. The van der Waals surface area contributed by atoms with Crippen molar-refractivity contribution in [3.05, 3.63) is 58.3 Å². The van der Waals surface area contributed by atoms with Crippen LogP contribution in [0, 0.1) is 5.92 Å². The molecule has 0 bridgehead atoms. The molecule has 1 aliphatic carbocycles. The summed E-state index contributed by atoms with van der Waals surface area (Å²) >= 11 is 0.